The summed E-state index contributed by atoms with van der Waals surface area (Å²) in [5, 5.41) is 5.04. The molecule has 8 heteroatoms. The average Bonchev–Trinajstić information content (AvgIpc) is 1.86. The Balaban J connectivity index is 0.00000658. The second-order valence-corrected chi connectivity index (χ2v) is 23.4. The second kappa shape index (κ2) is 21.7. The molecular formula is C76H63N5O2Pt. The van der Waals surface area contributed by atoms with E-state index in [0.29, 0.717) is 28.5 Å². The molecule has 10 aromatic carbocycles. The number of hydrogen-bond donors (Lipinski definition) is 0. The second-order valence-electron chi connectivity index (χ2n) is 23.4. The van der Waals surface area contributed by atoms with Crippen LogP contribution in [0.15, 0.2) is 199 Å². The zero-order valence-corrected chi connectivity index (χ0v) is 50.9. The molecule has 0 atom stereocenters. The molecular weight excluding hydrogens is 1210 g/mol. The van der Waals surface area contributed by atoms with Gasteiger partial charge in [0.25, 0.3) is 0 Å². The third-order valence-electron chi connectivity index (χ3n) is 16.6. The maximum atomic E-state index is 7.23. The van der Waals surface area contributed by atoms with Gasteiger partial charge in [-0.2, -0.15) is 0 Å². The largest absolute Gasteiger partial charge is 2.00 e. The van der Waals surface area contributed by atoms with Crippen LogP contribution in [0.1, 0.15) is 107 Å². The molecule has 0 saturated carbocycles. The molecule has 0 amide bonds. The van der Waals surface area contributed by atoms with Crippen LogP contribution in [0.3, 0.4) is 0 Å². The summed E-state index contributed by atoms with van der Waals surface area (Å²) in [6, 6.07) is 76.2. The van der Waals surface area contributed by atoms with Crippen LogP contribution in [0.5, 0.6) is 11.5 Å². The van der Waals surface area contributed by atoms with Crippen molar-refractivity contribution in [1.82, 2.24) is 24.1 Å². The van der Waals surface area contributed by atoms with Crippen molar-refractivity contribution < 1.29 is 30.2 Å². The van der Waals surface area contributed by atoms with E-state index in [-0.39, 0.29) is 44.7 Å². The minimum absolute atomic E-state index is 0. The molecule has 0 saturated heterocycles. The third kappa shape index (κ3) is 9.30. The number of pyridine rings is 1. The van der Waals surface area contributed by atoms with Gasteiger partial charge in [0.1, 0.15) is 5.58 Å². The number of furan rings is 1. The van der Waals surface area contributed by atoms with E-state index in [0.717, 1.165) is 88.6 Å². The van der Waals surface area contributed by atoms with Crippen LogP contribution >= 0.6 is 0 Å². The summed E-state index contributed by atoms with van der Waals surface area (Å²) >= 11 is 0. The number of aromatic nitrogens is 5. The van der Waals surface area contributed by atoms with Gasteiger partial charge in [0.15, 0.2) is 0 Å². The Labute approximate surface area is 504 Å². The fraction of sp³-hybridized carbons (Fsp3) is 0.171. The van der Waals surface area contributed by atoms with Gasteiger partial charge in [0, 0.05) is 44.7 Å². The number of fused-ring (bicyclic) bond motifs is 8. The molecule has 0 unspecified atom stereocenters. The molecule has 0 radical (unpaired) electrons. The summed E-state index contributed by atoms with van der Waals surface area (Å²) in [5.74, 6) is 3.27. The normalized spacial score (nSPS) is 12.0. The molecule has 0 aliphatic rings. The fourth-order valence-corrected chi connectivity index (χ4v) is 12.5. The van der Waals surface area contributed by atoms with E-state index >= 15 is 0 Å². The van der Waals surface area contributed by atoms with Crippen LogP contribution < -0.4 is 4.74 Å². The molecule has 4 aromatic heterocycles. The first-order valence-electron chi connectivity index (χ1n) is 29.1. The average molecular weight is 1270 g/mol. The van der Waals surface area contributed by atoms with Gasteiger partial charge in [-0.1, -0.05) is 188 Å². The maximum Gasteiger partial charge on any atom is 2.00 e. The zero-order chi connectivity index (χ0) is 56.8. The van der Waals surface area contributed by atoms with Crippen molar-refractivity contribution in [2.24, 2.45) is 0 Å². The van der Waals surface area contributed by atoms with Gasteiger partial charge < -0.3 is 18.3 Å². The summed E-state index contributed by atoms with van der Waals surface area (Å²) in [4.78, 5) is 16.1. The fourth-order valence-electron chi connectivity index (χ4n) is 12.5. The quantitative estimate of drug-likeness (QED) is 0.0900. The Morgan fingerprint density at radius 1 is 0.405 bits per heavy atom. The van der Waals surface area contributed by atoms with E-state index in [1.165, 1.54) is 44.5 Å². The van der Waals surface area contributed by atoms with Crippen molar-refractivity contribution in [3.05, 3.63) is 234 Å². The Hall–Kier alpha value is -8.90. The molecule has 0 aliphatic carbocycles. The third-order valence-corrected chi connectivity index (χ3v) is 16.6. The predicted molar refractivity (Wildman–Crippen MR) is 343 cm³/mol. The maximum absolute atomic E-state index is 7.23. The zero-order valence-electron chi connectivity index (χ0n) is 48.7. The number of nitrogens with zero attached hydrogens (tertiary/aromatic N) is 5. The number of benzene rings is 10. The molecule has 0 N–H and O–H groups in total. The summed E-state index contributed by atoms with van der Waals surface area (Å²) in [6.07, 6.45) is 0. The Bertz CT molecular complexity index is 4800. The van der Waals surface area contributed by atoms with Gasteiger partial charge in [-0.05, 0) is 147 Å². The number of rotatable bonds is 12. The summed E-state index contributed by atoms with van der Waals surface area (Å²) in [5.41, 5.74) is 20.6. The van der Waals surface area contributed by atoms with Crippen molar-refractivity contribution in [2.45, 2.75) is 86.0 Å². The van der Waals surface area contributed by atoms with Gasteiger partial charge in [-0.15, -0.1) is 23.8 Å². The minimum Gasteiger partial charge on any atom is -0.501 e. The van der Waals surface area contributed by atoms with Crippen molar-refractivity contribution in [2.75, 3.05) is 0 Å². The first kappa shape index (κ1) is 54.4. The molecule has 414 valence electrons. The van der Waals surface area contributed by atoms with Crippen molar-refractivity contribution in [1.29, 1.82) is 0 Å². The Morgan fingerprint density at radius 3 is 1.46 bits per heavy atom. The van der Waals surface area contributed by atoms with Gasteiger partial charge in [-0.3, -0.25) is 15.0 Å². The van der Waals surface area contributed by atoms with Crippen LogP contribution in [-0.2, 0) is 21.1 Å². The smallest absolute Gasteiger partial charge is 0.501 e. The van der Waals surface area contributed by atoms with Gasteiger partial charge in [0.2, 0.25) is 0 Å². The van der Waals surface area contributed by atoms with Gasteiger partial charge in [0.05, 0.1) is 44.8 Å². The number of imidazole rings is 2. The molecule has 0 bridgehead atoms. The SMILES string of the molecule is Cc1nc2ccccc2c2cc3oc4c(-c5nc6ccccc6n5-c5c(C(C)C)cc(-c6ccccc6)cc5C(C)C)[c-]c(Oc5[c-]c(-c6nc7ccccc7n6-c6c(C(C)C)cc(-c7ccccc7)cc6C(C)C)ccc5)cc4c3cc12.[Pt+2]. The first-order chi connectivity index (χ1) is 40.4. The summed E-state index contributed by atoms with van der Waals surface area (Å²) in [6.45, 7) is 20.4. The van der Waals surface area contributed by atoms with Crippen molar-refractivity contribution in [3.8, 4) is 67.9 Å². The van der Waals surface area contributed by atoms with Crippen molar-refractivity contribution in [3.63, 3.8) is 0 Å². The molecule has 0 aliphatic heterocycles. The van der Waals surface area contributed by atoms with Gasteiger partial charge >= 0.3 is 21.1 Å². The molecule has 4 heterocycles. The van der Waals surface area contributed by atoms with Gasteiger partial charge in [-0.25, -0.2) is 0 Å². The van der Waals surface area contributed by atoms with Crippen LogP contribution in [0.25, 0.3) is 122 Å². The molecule has 84 heavy (non-hydrogen) atoms. The van der Waals surface area contributed by atoms with Crippen LogP contribution in [-0.4, -0.2) is 24.1 Å². The Morgan fingerprint density at radius 2 is 0.905 bits per heavy atom. The van der Waals surface area contributed by atoms with E-state index in [2.05, 4.69) is 260 Å². The molecule has 14 aromatic rings. The number of aryl methyl sites for hydroxylation is 1. The van der Waals surface area contributed by atoms with Crippen LogP contribution in [0.2, 0.25) is 0 Å². The molecule has 0 spiro atoms. The van der Waals surface area contributed by atoms with E-state index < -0.39 is 0 Å². The monoisotopic (exact) mass is 1270 g/mol. The van der Waals surface area contributed by atoms with Crippen LogP contribution in [0, 0.1) is 19.1 Å². The van der Waals surface area contributed by atoms with Crippen molar-refractivity contribution >= 4 is 65.7 Å². The van der Waals surface area contributed by atoms with E-state index in [1.54, 1.807) is 0 Å². The number of hydrogen-bond acceptors (Lipinski definition) is 5. The first-order valence-corrected chi connectivity index (χ1v) is 29.1. The topological polar surface area (TPSA) is 70.9 Å². The molecule has 0 fully saturated rings. The predicted octanol–water partition coefficient (Wildman–Crippen LogP) is 20.8. The minimum atomic E-state index is 0. The van der Waals surface area contributed by atoms with E-state index in [9.17, 15) is 0 Å². The van der Waals surface area contributed by atoms with Crippen LogP contribution in [0.4, 0.5) is 0 Å². The Kier molecular flexibility index (Phi) is 14.0. The number of para-hydroxylation sites is 5. The number of ether oxygens (including phenoxy) is 1. The standard InChI is InChI=1S/C76H63N5O2.Pt/c1-44(2)57-36-52(49-23-12-10-13-24-49)37-58(45(3)4)72(57)80-69-33-20-18-31-67(69)78-75(80)51-27-22-28-54(35-51)82-55-40-64-63-42-61-48(9)77-66-30-17-16-29-56(66)62(61)43-71(63)83-74(64)65(41-55)76-79-68-32-19-21-34-70(68)81(76)73-59(46(5)6)38-53(39-60(73)47(7)8)50-25-14-11-15-26-50;/h10-34,36-40,42-47H,1-9H3;/q-2;+2. The molecule has 7 nitrogen and oxygen atoms in total. The molecule has 14 rings (SSSR count). The van der Waals surface area contributed by atoms with E-state index in [4.69, 9.17) is 24.1 Å². The summed E-state index contributed by atoms with van der Waals surface area (Å²) in [7, 11) is 0. The van der Waals surface area contributed by atoms with E-state index in [1.807, 2.05) is 18.2 Å². The summed E-state index contributed by atoms with van der Waals surface area (Å²) < 4.78 is 19.1.